The first-order chi connectivity index (χ1) is 9.03. The maximum atomic E-state index is 11.5. The lowest BCUT2D eigenvalue weighted by Crippen LogP contribution is -2.31. The van der Waals surface area contributed by atoms with Gasteiger partial charge in [0.15, 0.2) is 0 Å². The van der Waals surface area contributed by atoms with Crippen molar-refractivity contribution >= 4 is 17.3 Å². The maximum absolute atomic E-state index is 11.5. The molecule has 0 bridgehead atoms. The number of amides is 1. The van der Waals surface area contributed by atoms with Gasteiger partial charge in [-0.3, -0.25) is 4.79 Å². The molecule has 0 aliphatic rings. The van der Waals surface area contributed by atoms with Gasteiger partial charge < -0.3 is 16.4 Å². The molecule has 1 rings (SSSR count). The third-order valence-corrected chi connectivity index (χ3v) is 3.64. The highest BCUT2D eigenvalue weighted by atomic mass is 16.1. The summed E-state index contributed by atoms with van der Waals surface area (Å²) in [6.07, 6.45) is 2.25. The predicted molar refractivity (Wildman–Crippen MR) is 81.3 cm³/mol. The average Bonchev–Trinajstić information content (AvgIpc) is 2.40. The molecule has 0 unspecified atom stereocenters. The first-order valence-corrected chi connectivity index (χ1v) is 6.97. The van der Waals surface area contributed by atoms with Crippen molar-refractivity contribution < 1.29 is 4.79 Å². The molecule has 19 heavy (non-hydrogen) atoms. The molecule has 0 radical (unpaired) electrons. The van der Waals surface area contributed by atoms with Gasteiger partial charge in [-0.1, -0.05) is 26.7 Å². The van der Waals surface area contributed by atoms with E-state index >= 15 is 0 Å². The van der Waals surface area contributed by atoms with Crippen LogP contribution in [-0.4, -0.2) is 19.0 Å². The van der Waals surface area contributed by atoms with E-state index in [1.54, 1.807) is 12.1 Å². The summed E-state index contributed by atoms with van der Waals surface area (Å²) >= 11 is 0. The minimum Gasteiger partial charge on any atom is -0.399 e. The molecule has 0 aliphatic heterocycles. The van der Waals surface area contributed by atoms with Gasteiger partial charge in [0.25, 0.3) is 5.91 Å². The minimum atomic E-state index is -0.405. The van der Waals surface area contributed by atoms with Gasteiger partial charge in [0.2, 0.25) is 0 Å². The van der Waals surface area contributed by atoms with E-state index in [9.17, 15) is 4.79 Å². The third-order valence-electron chi connectivity index (χ3n) is 3.64. The van der Waals surface area contributed by atoms with Crippen LogP contribution in [0.1, 0.15) is 44.0 Å². The fourth-order valence-electron chi connectivity index (χ4n) is 2.28. The molecule has 0 aliphatic carbocycles. The van der Waals surface area contributed by atoms with Gasteiger partial charge in [-0.25, -0.2) is 0 Å². The van der Waals surface area contributed by atoms with Crippen LogP contribution in [0.25, 0.3) is 0 Å². The zero-order valence-electron chi connectivity index (χ0n) is 12.1. The van der Waals surface area contributed by atoms with Crippen LogP contribution in [0.4, 0.5) is 11.4 Å². The number of nitrogen functional groups attached to an aromatic ring is 1. The number of hydrogen-bond donors (Lipinski definition) is 2. The lowest BCUT2D eigenvalue weighted by Gasteiger charge is -2.29. The summed E-state index contributed by atoms with van der Waals surface area (Å²) in [5.74, 6) is 0.208. The normalized spacial score (nSPS) is 10.7. The van der Waals surface area contributed by atoms with E-state index in [1.165, 1.54) is 0 Å². The third kappa shape index (κ3) is 3.88. The number of carbonyl (C=O) groups excluding carboxylic acids is 1. The molecular weight excluding hydrogens is 238 g/mol. The summed E-state index contributed by atoms with van der Waals surface area (Å²) < 4.78 is 0. The van der Waals surface area contributed by atoms with Gasteiger partial charge in [0.05, 0.1) is 11.3 Å². The van der Waals surface area contributed by atoms with Crippen LogP contribution in [0, 0.1) is 5.92 Å². The van der Waals surface area contributed by atoms with Gasteiger partial charge in [0.1, 0.15) is 0 Å². The minimum absolute atomic E-state index is 0.405. The Morgan fingerprint density at radius 3 is 2.37 bits per heavy atom. The molecule has 106 valence electrons. The highest BCUT2D eigenvalue weighted by molar-refractivity contribution is 5.99. The van der Waals surface area contributed by atoms with Crippen LogP contribution >= 0.6 is 0 Å². The lowest BCUT2D eigenvalue weighted by atomic mass is 10.0. The zero-order valence-corrected chi connectivity index (χ0v) is 12.1. The lowest BCUT2D eigenvalue weighted by molar-refractivity contribution is 0.100. The fourth-order valence-corrected chi connectivity index (χ4v) is 2.28. The number of rotatable bonds is 7. The number of primary amides is 1. The Bertz CT molecular complexity index is 427. The van der Waals surface area contributed by atoms with Crippen LogP contribution < -0.4 is 16.4 Å². The van der Waals surface area contributed by atoms with Crippen molar-refractivity contribution in [1.82, 2.24) is 0 Å². The second-order valence-corrected chi connectivity index (χ2v) is 4.86. The highest BCUT2D eigenvalue weighted by Gasteiger charge is 2.16. The standard InChI is InChI=1S/C15H25N3O/c1-4-11(5-2)10-18(6-3)14-9-12(16)7-8-13(14)15(17)19/h7-9,11H,4-6,10,16H2,1-3H3,(H2,17,19). The maximum Gasteiger partial charge on any atom is 0.250 e. The molecule has 0 fully saturated rings. The molecule has 0 spiro atoms. The second kappa shape index (κ2) is 7.02. The van der Waals surface area contributed by atoms with E-state index in [2.05, 4.69) is 25.7 Å². The molecule has 1 aromatic carbocycles. The Morgan fingerprint density at radius 1 is 1.26 bits per heavy atom. The number of nitrogens with two attached hydrogens (primary N) is 2. The second-order valence-electron chi connectivity index (χ2n) is 4.86. The molecule has 4 heteroatoms. The quantitative estimate of drug-likeness (QED) is 0.743. The number of nitrogens with zero attached hydrogens (tertiary/aromatic N) is 1. The van der Waals surface area contributed by atoms with Crippen molar-refractivity contribution in [3.8, 4) is 0 Å². The van der Waals surface area contributed by atoms with E-state index in [0.29, 0.717) is 17.2 Å². The van der Waals surface area contributed by atoms with Gasteiger partial charge in [-0.05, 0) is 31.0 Å². The van der Waals surface area contributed by atoms with Gasteiger partial charge >= 0.3 is 0 Å². The van der Waals surface area contributed by atoms with Crippen molar-refractivity contribution in [2.45, 2.75) is 33.6 Å². The molecule has 0 saturated heterocycles. The molecule has 1 aromatic rings. The van der Waals surface area contributed by atoms with E-state index in [4.69, 9.17) is 11.5 Å². The van der Waals surface area contributed by atoms with Crippen molar-refractivity contribution in [3.05, 3.63) is 23.8 Å². The molecule has 0 saturated carbocycles. The van der Waals surface area contributed by atoms with E-state index in [0.717, 1.165) is 31.6 Å². The van der Waals surface area contributed by atoms with Crippen LogP contribution in [0.15, 0.2) is 18.2 Å². The van der Waals surface area contributed by atoms with E-state index in [-0.39, 0.29) is 0 Å². The first kappa shape index (κ1) is 15.3. The first-order valence-electron chi connectivity index (χ1n) is 6.97. The number of benzene rings is 1. The molecule has 0 aromatic heterocycles. The molecule has 4 nitrogen and oxygen atoms in total. The average molecular weight is 263 g/mol. The highest BCUT2D eigenvalue weighted by Crippen LogP contribution is 2.25. The number of hydrogen-bond acceptors (Lipinski definition) is 3. The summed E-state index contributed by atoms with van der Waals surface area (Å²) in [7, 11) is 0. The fraction of sp³-hybridized carbons (Fsp3) is 0.533. The SMILES string of the molecule is CCC(CC)CN(CC)c1cc(N)ccc1C(N)=O. The number of carbonyl (C=O) groups is 1. The van der Waals surface area contributed by atoms with Crippen molar-refractivity contribution in [1.29, 1.82) is 0 Å². The van der Waals surface area contributed by atoms with E-state index in [1.807, 2.05) is 6.07 Å². The Hall–Kier alpha value is -1.71. The molecule has 4 N–H and O–H groups in total. The van der Waals surface area contributed by atoms with Crippen LogP contribution in [0.2, 0.25) is 0 Å². The molecular formula is C15H25N3O. The summed E-state index contributed by atoms with van der Waals surface area (Å²) in [5.41, 5.74) is 13.3. The molecule has 0 atom stereocenters. The predicted octanol–water partition coefficient (Wildman–Crippen LogP) is 2.63. The number of anilines is 2. The van der Waals surface area contributed by atoms with Gasteiger partial charge in [0, 0.05) is 18.8 Å². The van der Waals surface area contributed by atoms with Crippen molar-refractivity contribution in [2.24, 2.45) is 11.7 Å². The molecule has 1 amide bonds. The Balaban J connectivity index is 3.09. The topological polar surface area (TPSA) is 72.3 Å². The van der Waals surface area contributed by atoms with Crippen molar-refractivity contribution in [2.75, 3.05) is 23.7 Å². The van der Waals surface area contributed by atoms with Crippen LogP contribution in [0.5, 0.6) is 0 Å². The van der Waals surface area contributed by atoms with E-state index < -0.39 is 5.91 Å². The largest absolute Gasteiger partial charge is 0.399 e. The van der Waals surface area contributed by atoms with Gasteiger partial charge in [-0.2, -0.15) is 0 Å². The summed E-state index contributed by atoms with van der Waals surface area (Å²) in [4.78, 5) is 13.7. The van der Waals surface area contributed by atoms with Crippen LogP contribution in [-0.2, 0) is 0 Å². The Morgan fingerprint density at radius 2 is 1.89 bits per heavy atom. The Kier molecular flexibility index (Phi) is 5.67. The smallest absolute Gasteiger partial charge is 0.250 e. The van der Waals surface area contributed by atoms with Crippen molar-refractivity contribution in [3.63, 3.8) is 0 Å². The summed E-state index contributed by atoms with van der Waals surface area (Å²) in [6.45, 7) is 8.22. The summed E-state index contributed by atoms with van der Waals surface area (Å²) in [6, 6.07) is 5.27. The molecule has 0 heterocycles. The zero-order chi connectivity index (χ0) is 14.4. The summed E-state index contributed by atoms with van der Waals surface area (Å²) in [5, 5.41) is 0. The monoisotopic (exact) mass is 263 g/mol. The van der Waals surface area contributed by atoms with Crippen LogP contribution in [0.3, 0.4) is 0 Å². The van der Waals surface area contributed by atoms with Gasteiger partial charge in [-0.15, -0.1) is 0 Å². The Labute approximate surface area is 115 Å².